The second-order valence-corrected chi connectivity index (χ2v) is 2.52. The van der Waals surface area contributed by atoms with E-state index in [4.69, 9.17) is 0 Å². The van der Waals surface area contributed by atoms with Crippen molar-refractivity contribution >= 4 is 0 Å². The molecule has 0 radical (unpaired) electrons. The maximum atomic E-state index is 2.35. The smallest absolute Gasteiger partial charge is 0.0282 e. The third-order valence-electron chi connectivity index (χ3n) is 1.71. The molecular weight excluding hydrogens is 108 g/mol. The Morgan fingerprint density at radius 3 is 2.89 bits per heavy atom. The van der Waals surface area contributed by atoms with Crippen molar-refractivity contribution in [3.05, 3.63) is 23.8 Å². The van der Waals surface area contributed by atoms with Gasteiger partial charge in [0.2, 0.25) is 0 Å². The maximum absolute atomic E-state index is 2.35. The summed E-state index contributed by atoms with van der Waals surface area (Å²) in [6, 6.07) is 0. The van der Waals surface area contributed by atoms with Gasteiger partial charge in [-0.3, -0.25) is 0 Å². The molecule has 0 saturated heterocycles. The van der Waals surface area contributed by atoms with E-state index in [9.17, 15) is 0 Å². The van der Waals surface area contributed by atoms with Crippen LogP contribution in [0.3, 0.4) is 0 Å². The fraction of sp³-hybridized carbons (Fsp3) is 0.556. The highest BCUT2D eigenvalue weighted by molar-refractivity contribution is 5.19. The summed E-state index contributed by atoms with van der Waals surface area (Å²) in [6.45, 7) is 2.08. The van der Waals surface area contributed by atoms with Gasteiger partial charge in [-0.2, -0.15) is 0 Å². The van der Waals surface area contributed by atoms with Gasteiger partial charge in [0.25, 0.3) is 0 Å². The van der Waals surface area contributed by atoms with E-state index in [0.29, 0.717) is 0 Å². The molecular formula is C9H14. The third kappa shape index (κ3) is 2.05. The maximum Gasteiger partial charge on any atom is -0.0282 e. The summed E-state index contributed by atoms with van der Waals surface area (Å²) < 4.78 is 0. The molecule has 0 fully saturated rings. The minimum atomic E-state index is 1.29. The predicted octanol–water partition coefficient (Wildman–Crippen LogP) is 3.06. The zero-order chi connectivity index (χ0) is 6.53. The Kier molecular flexibility index (Phi) is 2.56. The van der Waals surface area contributed by atoms with Crippen LogP contribution >= 0.6 is 0 Å². The Hall–Kier alpha value is -0.520. The first-order valence-corrected chi connectivity index (χ1v) is 3.75. The van der Waals surface area contributed by atoms with Gasteiger partial charge in [0.15, 0.2) is 0 Å². The Labute approximate surface area is 57.3 Å². The molecule has 0 heterocycles. The summed E-state index contributed by atoms with van der Waals surface area (Å²) in [5, 5.41) is 0. The van der Waals surface area contributed by atoms with E-state index in [1.165, 1.54) is 31.3 Å². The number of hydrogen-bond donors (Lipinski definition) is 0. The molecule has 1 aliphatic carbocycles. The van der Waals surface area contributed by atoms with Gasteiger partial charge in [0, 0.05) is 0 Å². The fourth-order valence-corrected chi connectivity index (χ4v) is 1.23. The molecule has 0 aliphatic heterocycles. The average molecular weight is 122 g/mol. The van der Waals surface area contributed by atoms with Gasteiger partial charge in [-0.15, -0.1) is 0 Å². The third-order valence-corrected chi connectivity index (χ3v) is 1.71. The van der Waals surface area contributed by atoms with Crippen LogP contribution in [0.4, 0.5) is 0 Å². The van der Waals surface area contributed by atoms with Gasteiger partial charge >= 0.3 is 0 Å². The lowest BCUT2D eigenvalue weighted by molar-refractivity contribution is 0.712. The quantitative estimate of drug-likeness (QED) is 0.501. The molecule has 0 atom stereocenters. The molecule has 50 valence electrons. The van der Waals surface area contributed by atoms with Crippen LogP contribution in [0.1, 0.15) is 32.6 Å². The Morgan fingerprint density at radius 1 is 1.44 bits per heavy atom. The lowest BCUT2D eigenvalue weighted by Gasteiger charge is -2.07. The molecule has 1 rings (SSSR count). The minimum absolute atomic E-state index is 1.29. The summed E-state index contributed by atoms with van der Waals surface area (Å²) in [4.78, 5) is 0. The topological polar surface area (TPSA) is 0 Å². The molecule has 0 N–H and O–H groups in total. The predicted molar refractivity (Wildman–Crippen MR) is 41.4 cm³/mol. The van der Waals surface area contributed by atoms with E-state index >= 15 is 0 Å². The SMILES string of the molecule is C/C=C/C1=CCCCC1. The molecule has 1 aliphatic rings. The average Bonchev–Trinajstić information content (AvgIpc) is 1.91. The molecule has 0 nitrogen and oxygen atoms in total. The zero-order valence-electron chi connectivity index (χ0n) is 6.06. The van der Waals surface area contributed by atoms with E-state index in [-0.39, 0.29) is 0 Å². The van der Waals surface area contributed by atoms with Crippen LogP contribution in [-0.4, -0.2) is 0 Å². The van der Waals surface area contributed by atoms with Crippen LogP contribution in [0.15, 0.2) is 23.8 Å². The van der Waals surface area contributed by atoms with E-state index in [2.05, 4.69) is 25.2 Å². The summed E-state index contributed by atoms with van der Waals surface area (Å²) in [5.41, 5.74) is 1.53. The van der Waals surface area contributed by atoms with E-state index in [1.807, 2.05) is 0 Å². The normalized spacial score (nSPS) is 20.3. The Morgan fingerprint density at radius 2 is 2.33 bits per heavy atom. The molecule has 0 spiro atoms. The molecule has 0 bridgehead atoms. The van der Waals surface area contributed by atoms with Gasteiger partial charge in [0.05, 0.1) is 0 Å². The van der Waals surface area contributed by atoms with Gasteiger partial charge in [0.1, 0.15) is 0 Å². The van der Waals surface area contributed by atoms with Crippen LogP contribution in [0.2, 0.25) is 0 Å². The van der Waals surface area contributed by atoms with Crippen LogP contribution < -0.4 is 0 Å². The van der Waals surface area contributed by atoms with Crippen LogP contribution in [0, 0.1) is 0 Å². The summed E-state index contributed by atoms with van der Waals surface area (Å²) in [6.07, 6.45) is 12.1. The fourth-order valence-electron chi connectivity index (χ4n) is 1.23. The molecule has 0 heteroatoms. The highest BCUT2D eigenvalue weighted by atomic mass is 14.0. The largest absolute Gasteiger partial charge is 0.0874 e. The Bertz CT molecular complexity index is 129. The van der Waals surface area contributed by atoms with Crippen molar-refractivity contribution in [2.45, 2.75) is 32.6 Å². The second-order valence-electron chi connectivity index (χ2n) is 2.52. The highest BCUT2D eigenvalue weighted by Crippen LogP contribution is 2.17. The first kappa shape index (κ1) is 6.60. The highest BCUT2D eigenvalue weighted by Gasteiger charge is 1.97. The second kappa shape index (κ2) is 3.49. The van der Waals surface area contributed by atoms with E-state index in [0.717, 1.165) is 0 Å². The van der Waals surface area contributed by atoms with Gasteiger partial charge in [-0.1, -0.05) is 23.8 Å². The molecule has 0 aromatic carbocycles. The van der Waals surface area contributed by atoms with Crippen molar-refractivity contribution in [3.8, 4) is 0 Å². The zero-order valence-corrected chi connectivity index (χ0v) is 6.06. The van der Waals surface area contributed by atoms with Gasteiger partial charge < -0.3 is 0 Å². The molecule has 0 aromatic heterocycles. The van der Waals surface area contributed by atoms with Crippen molar-refractivity contribution in [1.29, 1.82) is 0 Å². The molecule has 0 amide bonds. The Balaban J connectivity index is 2.46. The lowest BCUT2D eigenvalue weighted by Crippen LogP contribution is -1.87. The molecule has 0 saturated carbocycles. The van der Waals surface area contributed by atoms with Crippen molar-refractivity contribution < 1.29 is 0 Å². The standard InChI is InChI=1S/C9H14/c1-2-6-9-7-4-3-5-8-9/h2,6-7H,3-5,8H2,1H3/b6-2+. The summed E-state index contributed by atoms with van der Waals surface area (Å²) in [5.74, 6) is 0. The number of rotatable bonds is 1. The number of hydrogen-bond acceptors (Lipinski definition) is 0. The summed E-state index contributed by atoms with van der Waals surface area (Å²) >= 11 is 0. The lowest BCUT2D eigenvalue weighted by atomic mass is 9.99. The monoisotopic (exact) mass is 122 g/mol. The van der Waals surface area contributed by atoms with Crippen LogP contribution in [-0.2, 0) is 0 Å². The van der Waals surface area contributed by atoms with Gasteiger partial charge in [-0.25, -0.2) is 0 Å². The van der Waals surface area contributed by atoms with Crippen LogP contribution in [0.5, 0.6) is 0 Å². The van der Waals surface area contributed by atoms with E-state index < -0.39 is 0 Å². The molecule has 0 unspecified atom stereocenters. The summed E-state index contributed by atoms with van der Waals surface area (Å²) in [7, 11) is 0. The minimum Gasteiger partial charge on any atom is -0.0874 e. The first-order valence-electron chi connectivity index (χ1n) is 3.75. The number of allylic oxidation sites excluding steroid dienone is 4. The first-order chi connectivity index (χ1) is 4.43. The van der Waals surface area contributed by atoms with Crippen molar-refractivity contribution in [2.75, 3.05) is 0 Å². The van der Waals surface area contributed by atoms with Crippen molar-refractivity contribution in [3.63, 3.8) is 0 Å². The van der Waals surface area contributed by atoms with Crippen molar-refractivity contribution in [1.82, 2.24) is 0 Å². The molecule has 9 heavy (non-hydrogen) atoms. The van der Waals surface area contributed by atoms with Gasteiger partial charge in [-0.05, 0) is 32.6 Å². The van der Waals surface area contributed by atoms with Crippen LogP contribution in [0.25, 0.3) is 0 Å². The molecule has 0 aromatic rings. The van der Waals surface area contributed by atoms with E-state index in [1.54, 1.807) is 0 Å². The van der Waals surface area contributed by atoms with Crippen molar-refractivity contribution in [2.24, 2.45) is 0 Å².